The largest absolute Gasteiger partial charge is 0.486 e. The lowest BCUT2D eigenvalue weighted by Crippen LogP contribution is -2.23. The fourth-order valence-electron chi connectivity index (χ4n) is 3.99. The molecule has 8 nitrogen and oxygen atoms in total. The number of ether oxygens (including phenoxy) is 1. The number of nitriles is 1. The van der Waals surface area contributed by atoms with Crippen LogP contribution in [-0.2, 0) is 13.2 Å². The number of rotatable bonds is 6. The molecule has 178 valence electrons. The molecule has 10 heteroatoms. The van der Waals surface area contributed by atoms with Crippen LogP contribution >= 0.6 is 23.2 Å². The van der Waals surface area contributed by atoms with Gasteiger partial charge >= 0.3 is 0 Å². The van der Waals surface area contributed by atoms with Gasteiger partial charge in [0.15, 0.2) is 0 Å². The first-order chi connectivity index (χ1) is 17.5. The van der Waals surface area contributed by atoms with Crippen molar-refractivity contribution in [3.63, 3.8) is 0 Å². The van der Waals surface area contributed by atoms with Crippen LogP contribution in [0.25, 0.3) is 22.2 Å². The summed E-state index contributed by atoms with van der Waals surface area (Å²) in [5, 5.41) is 18.0. The van der Waals surface area contributed by atoms with Gasteiger partial charge in [-0.25, -0.2) is 4.98 Å². The number of aromatic nitrogens is 5. The Morgan fingerprint density at radius 2 is 2.03 bits per heavy atom. The summed E-state index contributed by atoms with van der Waals surface area (Å²) in [6, 6.07) is 14.3. The molecule has 0 spiro atoms. The molecule has 0 aliphatic heterocycles. The van der Waals surface area contributed by atoms with Crippen molar-refractivity contribution in [1.29, 1.82) is 5.26 Å². The van der Waals surface area contributed by atoms with E-state index in [1.165, 1.54) is 10.6 Å². The van der Waals surface area contributed by atoms with E-state index < -0.39 is 5.56 Å². The number of H-pyrrole nitrogens is 1. The minimum atomic E-state index is -0.396. The molecule has 5 rings (SSSR count). The third-order valence-electron chi connectivity index (χ3n) is 5.71. The number of hydrogen-bond donors (Lipinski definition) is 1. The molecule has 0 bridgehead atoms. The molecule has 1 aromatic carbocycles. The summed E-state index contributed by atoms with van der Waals surface area (Å²) in [6.07, 6.45) is 4.74. The number of hydrogen-bond acceptors (Lipinski definition) is 6. The Hall–Kier alpha value is -4.19. The second kappa shape index (κ2) is 9.82. The molecule has 0 saturated carbocycles. The van der Waals surface area contributed by atoms with Crippen LogP contribution in [0.3, 0.4) is 0 Å². The Labute approximate surface area is 215 Å². The van der Waals surface area contributed by atoms with Crippen LogP contribution in [0, 0.1) is 18.3 Å². The number of pyridine rings is 3. The zero-order valence-electron chi connectivity index (χ0n) is 19.0. The Balaban J connectivity index is 1.51. The van der Waals surface area contributed by atoms with E-state index in [1.807, 2.05) is 37.3 Å². The van der Waals surface area contributed by atoms with E-state index in [0.717, 1.165) is 16.6 Å². The van der Waals surface area contributed by atoms with Crippen molar-refractivity contribution in [3.8, 4) is 23.1 Å². The zero-order valence-corrected chi connectivity index (χ0v) is 20.5. The zero-order chi connectivity index (χ0) is 25.2. The lowest BCUT2D eigenvalue weighted by Gasteiger charge is -2.15. The van der Waals surface area contributed by atoms with Crippen LogP contribution < -0.4 is 10.3 Å². The fourth-order valence-corrected chi connectivity index (χ4v) is 4.40. The number of nitrogens with zero attached hydrogens (tertiary/aromatic N) is 5. The summed E-state index contributed by atoms with van der Waals surface area (Å²) < 4.78 is 7.63. The number of benzene rings is 1. The molecule has 0 atom stereocenters. The van der Waals surface area contributed by atoms with Crippen LogP contribution in [0.2, 0.25) is 10.0 Å². The highest BCUT2D eigenvalue weighted by atomic mass is 35.5. The number of aryl methyl sites for hydroxylation is 1. The lowest BCUT2D eigenvalue weighted by atomic mass is 10.0. The molecule has 36 heavy (non-hydrogen) atoms. The third-order valence-corrected chi connectivity index (χ3v) is 6.35. The van der Waals surface area contributed by atoms with Crippen LogP contribution in [0.5, 0.6) is 5.75 Å². The van der Waals surface area contributed by atoms with Crippen molar-refractivity contribution in [2.45, 2.75) is 20.1 Å². The van der Waals surface area contributed by atoms with Gasteiger partial charge < -0.3 is 9.30 Å². The van der Waals surface area contributed by atoms with Crippen molar-refractivity contribution >= 4 is 34.1 Å². The average Bonchev–Trinajstić information content (AvgIpc) is 3.30. The van der Waals surface area contributed by atoms with Crippen molar-refractivity contribution in [1.82, 2.24) is 24.7 Å². The number of halogens is 2. The van der Waals surface area contributed by atoms with Crippen LogP contribution in [0.15, 0.2) is 65.8 Å². The van der Waals surface area contributed by atoms with Gasteiger partial charge in [0.2, 0.25) is 0 Å². The molecule has 0 saturated heterocycles. The topological polar surface area (TPSA) is 109 Å². The van der Waals surface area contributed by atoms with E-state index in [1.54, 1.807) is 30.7 Å². The minimum absolute atomic E-state index is 0.0581. The Morgan fingerprint density at radius 3 is 2.81 bits per heavy atom. The Bertz CT molecular complexity index is 1700. The van der Waals surface area contributed by atoms with Gasteiger partial charge in [0.25, 0.3) is 5.56 Å². The first-order valence-corrected chi connectivity index (χ1v) is 11.7. The number of para-hydroxylation sites is 1. The first-order valence-electron chi connectivity index (χ1n) is 10.9. The maximum Gasteiger partial charge on any atom is 0.268 e. The normalized spacial score (nSPS) is 10.9. The second-order valence-corrected chi connectivity index (χ2v) is 8.84. The predicted molar refractivity (Wildman–Crippen MR) is 137 cm³/mol. The summed E-state index contributed by atoms with van der Waals surface area (Å²) in [7, 11) is 0. The highest BCUT2D eigenvalue weighted by molar-refractivity contribution is 6.33. The molecule has 0 radical (unpaired) electrons. The van der Waals surface area contributed by atoms with E-state index in [9.17, 15) is 10.1 Å². The molecule has 0 amide bonds. The molecule has 0 aliphatic carbocycles. The molecule has 5 aromatic rings. The molecule has 0 aliphatic rings. The summed E-state index contributed by atoms with van der Waals surface area (Å²) in [5.41, 5.74) is 3.88. The van der Waals surface area contributed by atoms with Gasteiger partial charge in [0.05, 0.1) is 34.2 Å². The van der Waals surface area contributed by atoms with Gasteiger partial charge in [-0.15, -0.1) is 0 Å². The minimum Gasteiger partial charge on any atom is -0.486 e. The van der Waals surface area contributed by atoms with Crippen LogP contribution in [-0.4, -0.2) is 24.7 Å². The van der Waals surface area contributed by atoms with Crippen molar-refractivity contribution in [2.24, 2.45) is 0 Å². The molecule has 0 unspecified atom stereocenters. The summed E-state index contributed by atoms with van der Waals surface area (Å²) in [6.45, 7) is 2.14. The van der Waals surface area contributed by atoms with Gasteiger partial charge in [-0.3, -0.25) is 14.9 Å². The molecule has 1 N–H and O–H groups in total. The molecular formula is C26H18Cl2N6O2. The number of aromatic amines is 1. The molecular weight excluding hydrogens is 499 g/mol. The van der Waals surface area contributed by atoms with Gasteiger partial charge in [-0.1, -0.05) is 35.3 Å². The Morgan fingerprint density at radius 1 is 1.17 bits per heavy atom. The quantitative estimate of drug-likeness (QED) is 0.328. The lowest BCUT2D eigenvalue weighted by molar-refractivity contribution is 0.307. The number of nitrogens with one attached hydrogen (secondary N) is 1. The average molecular weight is 517 g/mol. The van der Waals surface area contributed by atoms with Gasteiger partial charge in [-0.2, -0.15) is 10.4 Å². The fraction of sp³-hybridized carbons (Fsp3) is 0.115. The smallest absolute Gasteiger partial charge is 0.268 e. The van der Waals surface area contributed by atoms with Crippen LogP contribution in [0.1, 0.15) is 22.5 Å². The maximum atomic E-state index is 12.5. The summed E-state index contributed by atoms with van der Waals surface area (Å²) in [5.74, 6) is 0.558. The van der Waals surface area contributed by atoms with Crippen molar-refractivity contribution in [2.75, 3.05) is 0 Å². The monoisotopic (exact) mass is 516 g/mol. The van der Waals surface area contributed by atoms with Gasteiger partial charge in [-0.05, 0) is 37.3 Å². The van der Waals surface area contributed by atoms with E-state index >= 15 is 0 Å². The standard InChI is InChI=1S/C26H18Cl2N6O2/c1-15-10-18(24-21(28)12-31-33-24)17-5-2-6-23(25(17)32-15)36-14-19-20(27)7-8-30-22(19)13-34-9-3-4-16(11-29)26(34)35/h2-10,12H,13-14H2,1H3,(H,31,33). The van der Waals surface area contributed by atoms with E-state index in [-0.39, 0.29) is 18.7 Å². The highest BCUT2D eigenvalue weighted by Crippen LogP contribution is 2.35. The second-order valence-electron chi connectivity index (χ2n) is 8.03. The SMILES string of the molecule is Cc1cc(-c2[nH]ncc2Cl)c2cccc(OCc3c(Cl)ccnc3Cn3cccc(C#N)c3=O)c2n1. The summed E-state index contributed by atoms with van der Waals surface area (Å²) >= 11 is 12.8. The molecule has 4 aromatic heterocycles. The first kappa shape index (κ1) is 23.5. The maximum absolute atomic E-state index is 12.5. The van der Waals surface area contributed by atoms with Gasteiger partial charge in [0.1, 0.15) is 29.5 Å². The highest BCUT2D eigenvalue weighted by Gasteiger charge is 2.16. The molecule has 4 heterocycles. The van der Waals surface area contributed by atoms with E-state index in [0.29, 0.717) is 38.3 Å². The molecule has 0 fully saturated rings. The van der Waals surface area contributed by atoms with E-state index in [4.69, 9.17) is 32.9 Å². The van der Waals surface area contributed by atoms with Crippen molar-refractivity contribution < 1.29 is 4.74 Å². The van der Waals surface area contributed by atoms with Crippen LogP contribution in [0.4, 0.5) is 0 Å². The van der Waals surface area contributed by atoms with Crippen molar-refractivity contribution in [3.05, 3.63) is 104 Å². The van der Waals surface area contributed by atoms with Gasteiger partial charge in [0, 0.05) is 34.6 Å². The third kappa shape index (κ3) is 4.42. The van der Waals surface area contributed by atoms with E-state index in [2.05, 4.69) is 15.2 Å². The predicted octanol–water partition coefficient (Wildman–Crippen LogP) is 5.30. The number of fused-ring (bicyclic) bond motifs is 1. The Kier molecular flexibility index (Phi) is 6.42. The summed E-state index contributed by atoms with van der Waals surface area (Å²) in [4.78, 5) is 21.7.